The molecule has 0 atom stereocenters. The number of ether oxygens (including phenoxy) is 2. The van der Waals surface area contributed by atoms with Crippen molar-refractivity contribution >= 4 is 17.8 Å². The van der Waals surface area contributed by atoms with Gasteiger partial charge in [-0.25, -0.2) is 0 Å². The lowest BCUT2D eigenvalue weighted by atomic mass is 9.49. The topological polar surface area (TPSA) is 93.7 Å². The average molecular weight is 429 g/mol. The third kappa shape index (κ3) is 5.99. The van der Waals surface area contributed by atoms with Crippen LogP contribution in [0.25, 0.3) is 0 Å². The molecule has 0 radical (unpaired) electrons. The number of carbonyl (C=O) groups excluding carboxylic acids is 3. The van der Waals surface area contributed by atoms with Gasteiger partial charge in [0.25, 0.3) is 5.91 Å². The molecule has 0 saturated heterocycles. The quantitative estimate of drug-likeness (QED) is 0.441. The number of hydrogen-bond acceptors (Lipinski definition) is 5. The van der Waals surface area contributed by atoms with Crippen LogP contribution in [-0.2, 0) is 19.1 Å². The van der Waals surface area contributed by atoms with E-state index in [9.17, 15) is 14.4 Å². The molecule has 4 bridgehead atoms. The molecule has 7 heteroatoms. The maximum atomic E-state index is 12.4. The first-order valence-electron chi connectivity index (χ1n) is 11.4. The van der Waals surface area contributed by atoms with E-state index < -0.39 is 11.9 Å². The van der Waals surface area contributed by atoms with Crippen LogP contribution in [0.5, 0.6) is 5.75 Å². The lowest BCUT2D eigenvalue weighted by Gasteiger charge is -2.56. The predicted octanol–water partition coefficient (Wildman–Crippen LogP) is 2.45. The van der Waals surface area contributed by atoms with Crippen molar-refractivity contribution in [1.29, 1.82) is 0 Å². The Morgan fingerprint density at radius 3 is 2.19 bits per heavy atom. The van der Waals surface area contributed by atoms with Gasteiger partial charge in [0.05, 0.1) is 6.54 Å². The van der Waals surface area contributed by atoms with E-state index in [1.165, 1.54) is 19.3 Å². The van der Waals surface area contributed by atoms with Crippen molar-refractivity contribution in [2.45, 2.75) is 44.9 Å². The third-order valence-corrected chi connectivity index (χ3v) is 6.93. The Bertz CT molecular complexity index is 759. The van der Waals surface area contributed by atoms with E-state index in [-0.39, 0.29) is 24.5 Å². The molecular formula is C24H32N2O5. The Kier molecular flexibility index (Phi) is 6.78. The fourth-order valence-electron chi connectivity index (χ4n) is 6.20. The van der Waals surface area contributed by atoms with Crippen LogP contribution in [-0.4, -0.2) is 44.1 Å². The number of carbonyl (C=O) groups is 3. The molecule has 4 aliphatic carbocycles. The molecule has 168 valence electrons. The van der Waals surface area contributed by atoms with Gasteiger partial charge in [-0.1, -0.05) is 18.2 Å². The first-order valence-corrected chi connectivity index (χ1v) is 11.4. The SMILES string of the molecule is O=C(COC(=O)CNC(=O)CC12CC3CC(CC(C3)C1)C2)NCCOc1ccccc1. The standard InChI is InChI=1S/C24H32N2O5/c27-21(14-24-11-17-8-18(12-24)10-19(9-17)13-24)26-15-23(29)31-16-22(28)25-6-7-30-20-4-2-1-3-5-20/h1-5,17-19H,6-16H2,(H,25,28)(H,26,27). The molecule has 31 heavy (non-hydrogen) atoms. The minimum absolute atomic E-state index is 0.0820. The van der Waals surface area contributed by atoms with Gasteiger partial charge in [-0.05, 0) is 73.8 Å². The highest BCUT2D eigenvalue weighted by Gasteiger charge is 2.51. The molecular weight excluding hydrogens is 396 g/mol. The van der Waals surface area contributed by atoms with Crippen LogP contribution in [0.15, 0.2) is 30.3 Å². The van der Waals surface area contributed by atoms with Crippen molar-refractivity contribution in [3.63, 3.8) is 0 Å². The van der Waals surface area contributed by atoms with E-state index in [4.69, 9.17) is 9.47 Å². The lowest BCUT2D eigenvalue weighted by molar-refractivity contribution is -0.148. The van der Waals surface area contributed by atoms with Crippen LogP contribution < -0.4 is 15.4 Å². The van der Waals surface area contributed by atoms with Crippen LogP contribution in [0.4, 0.5) is 0 Å². The summed E-state index contributed by atoms with van der Waals surface area (Å²) in [6.07, 6.45) is 8.00. The van der Waals surface area contributed by atoms with Crippen molar-refractivity contribution in [2.24, 2.45) is 23.2 Å². The van der Waals surface area contributed by atoms with Crippen molar-refractivity contribution < 1.29 is 23.9 Å². The Hall–Kier alpha value is -2.57. The van der Waals surface area contributed by atoms with Gasteiger partial charge >= 0.3 is 5.97 Å². The monoisotopic (exact) mass is 428 g/mol. The normalized spacial score (nSPS) is 28.1. The van der Waals surface area contributed by atoms with Gasteiger partial charge in [0.1, 0.15) is 18.9 Å². The lowest BCUT2D eigenvalue weighted by Crippen LogP contribution is -2.48. The smallest absolute Gasteiger partial charge is 0.325 e. The van der Waals surface area contributed by atoms with Gasteiger partial charge in [-0.3, -0.25) is 14.4 Å². The maximum absolute atomic E-state index is 12.4. The largest absolute Gasteiger partial charge is 0.492 e. The van der Waals surface area contributed by atoms with E-state index >= 15 is 0 Å². The molecule has 4 aliphatic rings. The first kappa shape index (κ1) is 21.7. The second-order valence-corrected chi connectivity index (χ2v) is 9.54. The van der Waals surface area contributed by atoms with Gasteiger partial charge in [0, 0.05) is 6.42 Å². The fourth-order valence-corrected chi connectivity index (χ4v) is 6.20. The molecule has 1 aromatic carbocycles. The number of para-hydroxylation sites is 1. The minimum atomic E-state index is -0.602. The van der Waals surface area contributed by atoms with Crippen molar-refractivity contribution in [2.75, 3.05) is 26.3 Å². The highest BCUT2D eigenvalue weighted by atomic mass is 16.5. The fraction of sp³-hybridized carbons (Fsp3) is 0.625. The number of benzene rings is 1. The van der Waals surface area contributed by atoms with Crippen LogP contribution in [0, 0.1) is 23.2 Å². The van der Waals surface area contributed by atoms with Gasteiger partial charge in [-0.2, -0.15) is 0 Å². The highest BCUT2D eigenvalue weighted by Crippen LogP contribution is 2.61. The summed E-state index contributed by atoms with van der Waals surface area (Å²) in [4.78, 5) is 36.1. The summed E-state index contributed by atoms with van der Waals surface area (Å²) in [5.41, 5.74) is 0.143. The molecule has 4 saturated carbocycles. The Balaban J connectivity index is 1.08. The Morgan fingerprint density at radius 2 is 1.55 bits per heavy atom. The number of hydrogen-bond donors (Lipinski definition) is 2. The molecule has 2 N–H and O–H groups in total. The van der Waals surface area contributed by atoms with E-state index in [0.717, 1.165) is 42.8 Å². The van der Waals surface area contributed by atoms with Crippen LogP contribution in [0.3, 0.4) is 0 Å². The highest BCUT2D eigenvalue weighted by molar-refractivity contribution is 5.84. The van der Waals surface area contributed by atoms with Crippen LogP contribution in [0.2, 0.25) is 0 Å². The zero-order chi connectivity index (χ0) is 21.7. The molecule has 0 spiro atoms. The number of amides is 2. The Morgan fingerprint density at radius 1 is 0.903 bits per heavy atom. The van der Waals surface area contributed by atoms with E-state index in [1.807, 2.05) is 30.3 Å². The van der Waals surface area contributed by atoms with Gasteiger partial charge in [0.2, 0.25) is 5.91 Å². The summed E-state index contributed by atoms with van der Waals surface area (Å²) >= 11 is 0. The van der Waals surface area contributed by atoms with Gasteiger partial charge < -0.3 is 20.1 Å². The average Bonchev–Trinajstić information content (AvgIpc) is 2.73. The summed E-state index contributed by atoms with van der Waals surface area (Å²) in [6.45, 7) is 0.0712. The van der Waals surface area contributed by atoms with Crippen molar-refractivity contribution in [3.8, 4) is 5.75 Å². The zero-order valence-corrected chi connectivity index (χ0v) is 17.9. The second-order valence-electron chi connectivity index (χ2n) is 9.54. The molecule has 4 fully saturated rings. The molecule has 2 amide bonds. The van der Waals surface area contributed by atoms with Gasteiger partial charge in [0.15, 0.2) is 6.61 Å². The Labute approximate surface area is 183 Å². The predicted molar refractivity (Wildman–Crippen MR) is 114 cm³/mol. The molecule has 1 aromatic rings. The third-order valence-electron chi connectivity index (χ3n) is 6.93. The van der Waals surface area contributed by atoms with E-state index in [0.29, 0.717) is 19.6 Å². The van der Waals surface area contributed by atoms with Gasteiger partial charge in [-0.15, -0.1) is 0 Å². The molecule has 0 aromatic heterocycles. The molecule has 7 nitrogen and oxygen atoms in total. The molecule has 5 rings (SSSR count). The number of nitrogens with one attached hydrogen (secondary N) is 2. The molecule has 0 aliphatic heterocycles. The van der Waals surface area contributed by atoms with E-state index in [1.54, 1.807) is 0 Å². The summed E-state index contributed by atoms with van der Waals surface area (Å²) in [5, 5.41) is 5.32. The van der Waals surface area contributed by atoms with Crippen molar-refractivity contribution in [3.05, 3.63) is 30.3 Å². The summed E-state index contributed by atoms with van der Waals surface area (Å²) < 4.78 is 10.4. The zero-order valence-electron chi connectivity index (χ0n) is 17.9. The minimum Gasteiger partial charge on any atom is -0.492 e. The van der Waals surface area contributed by atoms with Crippen molar-refractivity contribution in [1.82, 2.24) is 10.6 Å². The summed E-state index contributed by atoms with van der Waals surface area (Å²) in [5.74, 6) is 2.02. The first-order chi connectivity index (χ1) is 15.0. The summed E-state index contributed by atoms with van der Waals surface area (Å²) in [7, 11) is 0. The van der Waals surface area contributed by atoms with Crippen LogP contribution in [0.1, 0.15) is 44.9 Å². The number of esters is 1. The maximum Gasteiger partial charge on any atom is 0.325 e. The number of rotatable bonds is 10. The van der Waals surface area contributed by atoms with Crippen LogP contribution >= 0.6 is 0 Å². The summed E-state index contributed by atoms with van der Waals surface area (Å²) in [6, 6.07) is 9.31. The molecule has 0 heterocycles. The van der Waals surface area contributed by atoms with E-state index in [2.05, 4.69) is 10.6 Å². The second kappa shape index (κ2) is 9.71. The molecule has 0 unspecified atom stereocenters.